The van der Waals surface area contributed by atoms with Gasteiger partial charge in [-0.25, -0.2) is 4.39 Å². The zero-order chi connectivity index (χ0) is 21.7. The Morgan fingerprint density at radius 1 is 1.13 bits per heavy atom. The van der Waals surface area contributed by atoms with Gasteiger partial charge in [-0.2, -0.15) is 0 Å². The number of anilines is 1. The SMILES string of the molecule is CCN(CC)c1ccc(-c2nnc(SCC(=O)c3ccc(OC)c(F)c3)n2C)cc1. The van der Waals surface area contributed by atoms with Crippen molar-refractivity contribution in [2.75, 3.05) is 30.9 Å². The van der Waals surface area contributed by atoms with Crippen LogP contribution in [-0.4, -0.2) is 46.5 Å². The fraction of sp³-hybridized carbons (Fsp3) is 0.318. The zero-order valence-corrected chi connectivity index (χ0v) is 18.4. The molecular weight excluding hydrogens is 403 g/mol. The van der Waals surface area contributed by atoms with Gasteiger partial charge < -0.3 is 14.2 Å². The van der Waals surface area contributed by atoms with Crippen molar-refractivity contribution in [3.63, 3.8) is 0 Å². The number of Topliss-reactive ketones (excluding diaryl/α,β-unsaturated/α-hetero) is 1. The molecule has 0 fully saturated rings. The molecule has 6 nitrogen and oxygen atoms in total. The summed E-state index contributed by atoms with van der Waals surface area (Å²) >= 11 is 1.27. The topological polar surface area (TPSA) is 60.3 Å². The first kappa shape index (κ1) is 21.8. The molecule has 158 valence electrons. The molecule has 0 spiro atoms. The second-order valence-corrected chi connectivity index (χ2v) is 7.59. The van der Waals surface area contributed by atoms with E-state index in [2.05, 4.69) is 41.1 Å². The van der Waals surface area contributed by atoms with E-state index in [0.717, 1.165) is 30.2 Å². The molecule has 2 aromatic carbocycles. The van der Waals surface area contributed by atoms with Crippen molar-refractivity contribution in [1.29, 1.82) is 0 Å². The maximum Gasteiger partial charge on any atom is 0.191 e. The van der Waals surface area contributed by atoms with Gasteiger partial charge in [0.2, 0.25) is 0 Å². The predicted octanol–water partition coefficient (Wildman–Crippen LogP) is 4.45. The molecule has 0 radical (unpaired) electrons. The number of benzene rings is 2. The van der Waals surface area contributed by atoms with E-state index >= 15 is 0 Å². The Balaban J connectivity index is 1.69. The minimum absolute atomic E-state index is 0.115. The van der Waals surface area contributed by atoms with Crippen LogP contribution in [-0.2, 0) is 7.05 Å². The van der Waals surface area contributed by atoms with Gasteiger partial charge in [0, 0.05) is 37.0 Å². The maximum atomic E-state index is 13.8. The van der Waals surface area contributed by atoms with E-state index < -0.39 is 5.82 Å². The molecule has 0 unspecified atom stereocenters. The molecule has 0 saturated carbocycles. The van der Waals surface area contributed by atoms with Gasteiger partial charge in [0.25, 0.3) is 0 Å². The summed E-state index contributed by atoms with van der Waals surface area (Å²) in [5, 5.41) is 9.12. The van der Waals surface area contributed by atoms with Crippen molar-refractivity contribution in [3.8, 4) is 17.1 Å². The van der Waals surface area contributed by atoms with Crippen LogP contribution in [0.25, 0.3) is 11.4 Å². The summed E-state index contributed by atoms with van der Waals surface area (Å²) in [6.45, 7) is 6.16. The van der Waals surface area contributed by atoms with Gasteiger partial charge in [0.1, 0.15) is 0 Å². The van der Waals surface area contributed by atoms with Crippen molar-refractivity contribution < 1.29 is 13.9 Å². The lowest BCUT2D eigenvalue weighted by Crippen LogP contribution is -2.21. The summed E-state index contributed by atoms with van der Waals surface area (Å²) in [5.74, 6) is 0.242. The van der Waals surface area contributed by atoms with Crippen LogP contribution in [0.15, 0.2) is 47.6 Å². The number of halogens is 1. The molecule has 3 rings (SSSR count). The third-order valence-electron chi connectivity index (χ3n) is 4.90. The first-order chi connectivity index (χ1) is 14.5. The molecule has 0 aliphatic carbocycles. The molecule has 0 amide bonds. The second-order valence-electron chi connectivity index (χ2n) is 6.65. The number of ketones is 1. The maximum absolute atomic E-state index is 13.8. The lowest BCUT2D eigenvalue weighted by Gasteiger charge is -2.21. The van der Waals surface area contributed by atoms with Gasteiger partial charge in [0.05, 0.1) is 12.9 Å². The Morgan fingerprint density at radius 2 is 1.83 bits per heavy atom. The molecule has 0 aliphatic rings. The lowest BCUT2D eigenvalue weighted by molar-refractivity contribution is 0.102. The van der Waals surface area contributed by atoms with Gasteiger partial charge in [-0.1, -0.05) is 11.8 Å². The van der Waals surface area contributed by atoms with Crippen molar-refractivity contribution in [3.05, 3.63) is 53.8 Å². The standard InChI is InChI=1S/C22H25FN4O2S/c1-5-27(6-2)17-10-7-15(8-11-17)21-24-25-22(26(21)3)30-14-19(28)16-9-12-20(29-4)18(23)13-16/h7-13H,5-6,14H2,1-4H3. The molecule has 3 aromatic rings. The number of hydrogen-bond acceptors (Lipinski definition) is 6. The first-order valence-electron chi connectivity index (χ1n) is 9.72. The molecule has 0 saturated heterocycles. The van der Waals surface area contributed by atoms with Crippen LogP contribution < -0.4 is 9.64 Å². The lowest BCUT2D eigenvalue weighted by atomic mass is 10.1. The third-order valence-corrected chi connectivity index (χ3v) is 5.92. The minimum atomic E-state index is -0.553. The largest absolute Gasteiger partial charge is 0.494 e. The Bertz CT molecular complexity index is 1020. The van der Waals surface area contributed by atoms with Crippen LogP contribution in [0.2, 0.25) is 0 Å². The smallest absolute Gasteiger partial charge is 0.191 e. The van der Waals surface area contributed by atoms with Crippen LogP contribution in [0.4, 0.5) is 10.1 Å². The highest BCUT2D eigenvalue weighted by Crippen LogP contribution is 2.26. The van der Waals surface area contributed by atoms with Crippen molar-refractivity contribution in [2.45, 2.75) is 19.0 Å². The van der Waals surface area contributed by atoms with Gasteiger partial charge >= 0.3 is 0 Å². The zero-order valence-electron chi connectivity index (χ0n) is 17.6. The molecule has 0 bridgehead atoms. The van der Waals surface area contributed by atoms with Crippen LogP contribution in [0.3, 0.4) is 0 Å². The van der Waals surface area contributed by atoms with E-state index in [-0.39, 0.29) is 17.3 Å². The molecular formula is C22H25FN4O2S. The van der Waals surface area contributed by atoms with Crippen molar-refractivity contribution in [1.82, 2.24) is 14.8 Å². The summed E-state index contributed by atoms with van der Waals surface area (Å²) in [6.07, 6.45) is 0. The number of aromatic nitrogens is 3. The van der Waals surface area contributed by atoms with E-state index in [4.69, 9.17) is 4.74 Å². The van der Waals surface area contributed by atoms with E-state index in [0.29, 0.717) is 10.7 Å². The molecule has 0 N–H and O–H groups in total. The van der Waals surface area contributed by atoms with Crippen molar-refractivity contribution in [2.24, 2.45) is 7.05 Å². The van der Waals surface area contributed by atoms with E-state index in [1.807, 2.05) is 23.7 Å². The molecule has 1 heterocycles. The Morgan fingerprint density at radius 3 is 2.43 bits per heavy atom. The fourth-order valence-electron chi connectivity index (χ4n) is 3.16. The third kappa shape index (κ3) is 4.64. The van der Waals surface area contributed by atoms with Crippen LogP contribution in [0.1, 0.15) is 24.2 Å². The Labute approximate surface area is 180 Å². The highest BCUT2D eigenvalue weighted by atomic mass is 32.2. The summed E-state index contributed by atoms with van der Waals surface area (Å²) in [6, 6.07) is 12.4. The summed E-state index contributed by atoms with van der Waals surface area (Å²) in [4.78, 5) is 14.7. The number of rotatable bonds is 9. The molecule has 8 heteroatoms. The van der Waals surface area contributed by atoms with Gasteiger partial charge in [-0.15, -0.1) is 10.2 Å². The second kappa shape index (κ2) is 9.75. The fourth-order valence-corrected chi connectivity index (χ4v) is 3.96. The number of carbonyl (C=O) groups excluding carboxylic acids is 1. The Kier molecular flexibility index (Phi) is 7.10. The predicted molar refractivity (Wildman–Crippen MR) is 118 cm³/mol. The summed E-state index contributed by atoms with van der Waals surface area (Å²) in [5.41, 5.74) is 2.42. The monoisotopic (exact) mass is 428 g/mol. The average Bonchev–Trinajstić information content (AvgIpc) is 3.13. The van der Waals surface area contributed by atoms with E-state index in [9.17, 15) is 9.18 Å². The van der Waals surface area contributed by atoms with Crippen LogP contribution in [0.5, 0.6) is 5.75 Å². The van der Waals surface area contributed by atoms with Crippen LogP contribution >= 0.6 is 11.8 Å². The average molecular weight is 429 g/mol. The quantitative estimate of drug-likeness (QED) is 0.371. The Hall–Kier alpha value is -2.87. The molecule has 0 aliphatic heterocycles. The minimum Gasteiger partial charge on any atom is -0.494 e. The normalized spacial score (nSPS) is 10.8. The van der Waals surface area contributed by atoms with Gasteiger partial charge in [0.15, 0.2) is 28.3 Å². The number of carbonyl (C=O) groups is 1. The molecule has 1 aromatic heterocycles. The number of thioether (sulfide) groups is 1. The summed E-state index contributed by atoms with van der Waals surface area (Å²) in [7, 11) is 3.26. The highest BCUT2D eigenvalue weighted by Gasteiger charge is 2.15. The number of methoxy groups -OCH3 is 1. The highest BCUT2D eigenvalue weighted by molar-refractivity contribution is 7.99. The van der Waals surface area contributed by atoms with Gasteiger partial charge in [-0.3, -0.25) is 4.79 Å². The number of ether oxygens (including phenoxy) is 1. The number of hydrogen-bond donors (Lipinski definition) is 0. The first-order valence-corrected chi connectivity index (χ1v) is 10.7. The van der Waals surface area contributed by atoms with Crippen molar-refractivity contribution >= 4 is 23.2 Å². The molecule has 30 heavy (non-hydrogen) atoms. The van der Waals surface area contributed by atoms with E-state index in [1.54, 1.807) is 6.07 Å². The van der Waals surface area contributed by atoms with Crippen LogP contribution in [0, 0.1) is 5.82 Å². The number of nitrogens with zero attached hydrogens (tertiary/aromatic N) is 4. The van der Waals surface area contributed by atoms with E-state index in [1.165, 1.54) is 31.0 Å². The van der Waals surface area contributed by atoms with Gasteiger partial charge in [-0.05, 0) is 56.3 Å². The summed E-state index contributed by atoms with van der Waals surface area (Å²) < 4.78 is 20.6. The molecule has 0 atom stereocenters.